The summed E-state index contributed by atoms with van der Waals surface area (Å²) in [7, 11) is 0. The highest BCUT2D eigenvalue weighted by molar-refractivity contribution is 6.31. The Balaban J connectivity index is 2.21. The van der Waals surface area contributed by atoms with Gasteiger partial charge in [-0.1, -0.05) is 44.5 Å². The van der Waals surface area contributed by atoms with Gasteiger partial charge in [0, 0.05) is 31.2 Å². The van der Waals surface area contributed by atoms with Crippen LogP contribution in [0.5, 0.6) is 0 Å². The third-order valence-electron chi connectivity index (χ3n) is 4.48. The average molecular weight is 313 g/mol. The van der Waals surface area contributed by atoms with Crippen molar-refractivity contribution < 1.29 is 4.39 Å². The Labute approximate surface area is 132 Å². The predicted molar refractivity (Wildman–Crippen MR) is 87.1 cm³/mol. The van der Waals surface area contributed by atoms with Gasteiger partial charge in [-0.25, -0.2) is 4.39 Å². The molecule has 2 nitrogen and oxygen atoms in total. The molecule has 1 aliphatic heterocycles. The van der Waals surface area contributed by atoms with Crippen molar-refractivity contribution in [2.24, 2.45) is 5.41 Å². The Bertz CT molecular complexity index is 508. The minimum atomic E-state index is -0.338. The van der Waals surface area contributed by atoms with E-state index >= 15 is 0 Å². The Hall–Kier alpha value is -0.640. The molecule has 1 fully saturated rings. The molecule has 1 N–H and O–H groups in total. The van der Waals surface area contributed by atoms with E-state index in [1.807, 2.05) is 6.07 Å². The van der Waals surface area contributed by atoms with Crippen molar-refractivity contribution in [1.82, 2.24) is 10.2 Å². The first-order chi connectivity index (χ1) is 9.61. The van der Waals surface area contributed by atoms with Gasteiger partial charge >= 0.3 is 0 Å². The summed E-state index contributed by atoms with van der Waals surface area (Å²) in [5.41, 5.74) is 1.08. The fraction of sp³-hybridized carbons (Fsp3) is 0.647. The minimum Gasteiger partial charge on any atom is -0.310 e. The summed E-state index contributed by atoms with van der Waals surface area (Å²) < 4.78 is 13.6. The van der Waals surface area contributed by atoms with Crippen molar-refractivity contribution in [1.29, 1.82) is 0 Å². The summed E-state index contributed by atoms with van der Waals surface area (Å²) >= 11 is 6.11. The monoisotopic (exact) mass is 312 g/mol. The zero-order chi connectivity index (χ0) is 15.8. The summed E-state index contributed by atoms with van der Waals surface area (Å²) in [6.07, 6.45) is 0. The van der Waals surface area contributed by atoms with Crippen LogP contribution in [0.2, 0.25) is 5.02 Å². The molecule has 4 heteroatoms. The van der Waals surface area contributed by atoms with Crippen molar-refractivity contribution in [3.05, 3.63) is 34.6 Å². The van der Waals surface area contributed by atoms with Gasteiger partial charge in [-0.05, 0) is 30.9 Å². The van der Waals surface area contributed by atoms with Gasteiger partial charge in [0.05, 0.1) is 5.02 Å². The predicted octanol–water partition coefficient (Wildman–Crippen LogP) is 4.08. The number of nitrogens with one attached hydrogen (secondary N) is 1. The number of rotatable bonds is 2. The highest BCUT2D eigenvalue weighted by Crippen LogP contribution is 2.30. The van der Waals surface area contributed by atoms with E-state index in [9.17, 15) is 4.39 Å². The fourth-order valence-electron chi connectivity index (χ4n) is 2.75. The molecule has 0 radical (unpaired) electrons. The lowest BCUT2D eigenvalue weighted by atomic mass is 9.82. The molecule has 21 heavy (non-hydrogen) atoms. The maximum atomic E-state index is 13.6. The van der Waals surface area contributed by atoms with Gasteiger partial charge in [-0.2, -0.15) is 0 Å². The van der Waals surface area contributed by atoms with Gasteiger partial charge in [0.2, 0.25) is 0 Å². The molecule has 1 atom stereocenters. The van der Waals surface area contributed by atoms with Crippen molar-refractivity contribution >= 4 is 11.6 Å². The van der Waals surface area contributed by atoms with Gasteiger partial charge in [0.1, 0.15) is 5.82 Å². The molecular weight excluding hydrogens is 287 g/mol. The molecule has 0 aliphatic carbocycles. The van der Waals surface area contributed by atoms with Crippen molar-refractivity contribution in [2.75, 3.05) is 13.1 Å². The lowest BCUT2D eigenvalue weighted by Gasteiger charge is -2.49. The van der Waals surface area contributed by atoms with Crippen molar-refractivity contribution in [3.8, 4) is 0 Å². The zero-order valence-corrected chi connectivity index (χ0v) is 14.4. The van der Waals surface area contributed by atoms with Gasteiger partial charge < -0.3 is 5.32 Å². The second-order valence-corrected chi connectivity index (χ2v) is 8.08. The van der Waals surface area contributed by atoms with Crippen LogP contribution >= 0.6 is 11.6 Å². The smallest absolute Gasteiger partial charge is 0.142 e. The molecular formula is C17H26ClFN2. The molecule has 1 unspecified atom stereocenters. The van der Waals surface area contributed by atoms with E-state index in [0.717, 1.165) is 18.7 Å². The molecule has 0 aromatic heterocycles. The van der Waals surface area contributed by atoms with E-state index in [1.165, 1.54) is 6.07 Å². The van der Waals surface area contributed by atoms with E-state index in [1.54, 1.807) is 6.07 Å². The average Bonchev–Trinajstić information content (AvgIpc) is 2.35. The molecule has 1 aromatic rings. The quantitative estimate of drug-likeness (QED) is 0.885. The summed E-state index contributed by atoms with van der Waals surface area (Å²) in [6, 6.07) is 5.47. The van der Waals surface area contributed by atoms with Crippen molar-refractivity contribution in [2.45, 2.75) is 52.7 Å². The van der Waals surface area contributed by atoms with E-state index in [4.69, 9.17) is 11.6 Å². The minimum absolute atomic E-state index is 0.0252. The third-order valence-corrected chi connectivity index (χ3v) is 4.90. The molecule has 1 aliphatic rings. The molecule has 0 spiro atoms. The molecule has 1 heterocycles. The van der Waals surface area contributed by atoms with Gasteiger partial charge in [-0.15, -0.1) is 0 Å². The molecule has 0 bridgehead atoms. The maximum Gasteiger partial charge on any atom is 0.142 e. The van der Waals surface area contributed by atoms with Crippen LogP contribution in [0.1, 0.15) is 40.2 Å². The number of benzene rings is 1. The highest BCUT2D eigenvalue weighted by atomic mass is 35.5. The Morgan fingerprint density at radius 3 is 2.67 bits per heavy atom. The molecule has 1 aromatic carbocycles. The topological polar surface area (TPSA) is 15.3 Å². The molecule has 118 valence electrons. The SMILES string of the molecule is CC(C)(C)C1CN(Cc2cccc(F)c2Cl)C(C)(C)CN1. The van der Waals surface area contributed by atoms with E-state index in [0.29, 0.717) is 12.6 Å². The van der Waals surface area contributed by atoms with Crippen LogP contribution in [0, 0.1) is 11.2 Å². The van der Waals surface area contributed by atoms with Crippen LogP contribution in [0.25, 0.3) is 0 Å². The third kappa shape index (κ3) is 3.77. The Kier molecular flexibility index (Phi) is 4.67. The Morgan fingerprint density at radius 2 is 2.05 bits per heavy atom. The molecule has 0 saturated carbocycles. The number of hydrogen-bond donors (Lipinski definition) is 1. The van der Waals surface area contributed by atoms with Crippen molar-refractivity contribution in [3.63, 3.8) is 0 Å². The normalized spacial score (nSPS) is 23.3. The van der Waals surface area contributed by atoms with E-state index in [2.05, 4.69) is 44.8 Å². The standard InChI is InChI=1S/C17H26ClFN2/c1-16(2,3)14-10-21(17(4,5)11-20-14)9-12-7-6-8-13(19)15(12)18/h6-8,14,20H,9-11H2,1-5H3. The number of hydrogen-bond acceptors (Lipinski definition) is 2. The lowest BCUT2D eigenvalue weighted by molar-refractivity contribution is 0.0295. The molecule has 2 rings (SSSR count). The summed E-state index contributed by atoms with van der Waals surface area (Å²) in [5, 5.41) is 3.89. The van der Waals surface area contributed by atoms with E-state index < -0.39 is 0 Å². The van der Waals surface area contributed by atoms with Crippen LogP contribution in [-0.4, -0.2) is 29.6 Å². The van der Waals surface area contributed by atoms with Crippen LogP contribution in [-0.2, 0) is 6.54 Å². The van der Waals surface area contributed by atoms with E-state index in [-0.39, 0.29) is 21.8 Å². The number of piperazine rings is 1. The van der Waals surface area contributed by atoms with Gasteiger partial charge in [-0.3, -0.25) is 4.90 Å². The summed E-state index contributed by atoms with van der Waals surface area (Å²) in [4.78, 5) is 2.40. The number of halogens is 2. The molecule has 1 saturated heterocycles. The second-order valence-electron chi connectivity index (χ2n) is 7.71. The lowest BCUT2D eigenvalue weighted by Crippen LogP contribution is -2.64. The highest BCUT2D eigenvalue weighted by Gasteiger charge is 2.38. The number of nitrogens with zero attached hydrogens (tertiary/aromatic N) is 1. The molecule has 0 amide bonds. The zero-order valence-electron chi connectivity index (χ0n) is 13.6. The van der Waals surface area contributed by atoms with Crippen LogP contribution in [0.3, 0.4) is 0 Å². The largest absolute Gasteiger partial charge is 0.310 e. The first-order valence-electron chi connectivity index (χ1n) is 7.52. The van der Waals surface area contributed by atoms with Gasteiger partial charge in [0.25, 0.3) is 0 Å². The summed E-state index contributed by atoms with van der Waals surface area (Å²) in [6.45, 7) is 13.7. The van der Waals surface area contributed by atoms with Gasteiger partial charge in [0.15, 0.2) is 0 Å². The first kappa shape index (κ1) is 16.7. The van der Waals surface area contributed by atoms with Crippen LogP contribution in [0.4, 0.5) is 4.39 Å². The second kappa shape index (κ2) is 5.86. The van der Waals surface area contributed by atoms with Crippen LogP contribution in [0.15, 0.2) is 18.2 Å². The Morgan fingerprint density at radius 1 is 1.38 bits per heavy atom. The summed E-state index contributed by atoms with van der Waals surface area (Å²) in [5.74, 6) is -0.338. The fourth-order valence-corrected chi connectivity index (χ4v) is 2.94. The van der Waals surface area contributed by atoms with Crippen LogP contribution < -0.4 is 5.32 Å². The maximum absolute atomic E-state index is 13.6. The first-order valence-corrected chi connectivity index (χ1v) is 7.90.